The van der Waals surface area contributed by atoms with Gasteiger partial charge in [0, 0.05) is 19.3 Å². The van der Waals surface area contributed by atoms with Gasteiger partial charge in [-0.3, -0.25) is 4.90 Å². The average Bonchev–Trinajstić information content (AvgIpc) is 2.44. The summed E-state index contributed by atoms with van der Waals surface area (Å²) >= 11 is 0. The lowest BCUT2D eigenvalue weighted by molar-refractivity contribution is 0.0444. The summed E-state index contributed by atoms with van der Waals surface area (Å²) in [7, 11) is 0. The van der Waals surface area contributed by atoms with Crippen LogP contribution in [0, 0.1) is 0 Å². The van der Waals surface area contributed by atoms with Crippen molar-refractivity contribution in [3.05, 3.63) is 23.9 Å². The number of aromatic nitrogens is 1. The third-order valence-electron chi connectivity index (χ3n) is 3.41. The largest absolute Gasteiger partial charge is 0.390 e. The first kappa shape index (κ1) is 12.3. The number of rotatable bonds is 2. The molecule has 0 bridgehead atoms. The fraction of sp³-hybridized carbons (Fsp3) is 0.615. The van der Waals surface area contributed by atoms with Crippen molar-refractivity contribution in [2.75, 3.05) is 18.8 Å². The van der Waals surface area contributed by atoms with Gasteiger partial charge < -0.3 is 10.8 Å². The minimum absolute atomic E-state index is 0.492. The van der Waals surface area contributed by atoms with Crippen LogP contribution in [0.1, 0.15) is 31.7 Å². The van der Waals surface area contributed by atoms with Gasteiger partial charge in [-0.2, -0.15) is 0 Å². The highest BCUT2D eigenvalue weighted by molar-refractivity contribution is 5.29. The van der Waals surface area contributed by atoms with Crippen LogP contribution in [-0.2, 0) is 6.54 Å². The van der Waals surface area contributed by atoms with Crippen molar-refractivity contribution < 1.29 is 5.11 Å². The third-order valence-corrected chi connectivity index (χ3v) is 3.41. The fourth-order valence-electron chi connectivity index (χ4n) is 2.27. The molecule has 1 aromatic heterocycles. The molecule has 17 heavy (non-hydrogen) atoms. The Morgan fingerprint density at radius 3 is 2.94 bits per heavy atom. The number of likely N-dealkylation sites (tertiary alicyclic amines) is 1. The molecule has 4 nitrogen and oxygen atoms in total. The molecule has 94 valence electrons. The predicted octanol–water partition coefficient (Wildman–Crippen LogP) is 1.40. The van der Waals surface area contributed by atoms with Gasteiger partial charge in [-0.05, 0) is 44.4 Å². The number of pyridine rings is 1. The Morgan fingerprint density at radius 2 is 2.24 bits per heavy atom. The minimum Gasteiger partial charge on any atom is -0.390 e. The molecule has 2 heterocycles. The van der Waals surface area contributed by atoms with E-state index in [1.54, 1.807) is 0 Å². The first-order valence-corrected chi connectivity index (χ1v) is 6.20. The monoisotopic (exact) mass is 235 g/mol. The summed E-state index contributed by atoms with van der Waals surface area (Å²) in [4.78, 5) is 6.47. The van der Waals surface area contributed by atoms with E-state index in [9.17, 15) is 5.11 Å². The van der Waals surface area contributed by atoms with E-state index in [0.717, 1.165) is 38.9 Å². The normalized spacial score (nSPS) is 26.7. The molecule has 1 unspecified atom stereocenters. The summed E-state index contributed by atoms with van der Waals surface area (Å²) in [6.45, 7) is 4.81. The average molecular weight is 235 g/mol. The predicted molar refractivity (Wildman–Crippen MR) is 68.4 cm³/mol. The molecule has 2 rings (SSSR count). The minimum atomic E-state index is -0.492. The second-order valence-corrected chi connectivity index (χ2v) is 5.22. The number of nitrogens with zero attached hydrogens (tertiary/aromatic N) is 2. The summed E-state index contributed by atoms with van der Waals surface area (Å²) in [5.41, 5.74) is 6.25. The van der Waals surface area contributed by atoms with Crippen LogP contribution < -0.4 is 5.73 Å². The lowest BCUT2D eigenvalue weighted by atomic mass is 9.98. The lowest BCUT2D eigenvalue weighted by Crippen LogP contribution is -2.28. The molecular weight excluding hydrogens is 214 g/mol. The molecule has 0 aliphatic carbocycles. The number of anilines is 1. The number of nitrogen functional groups attached to an aromatic ring is 1. The second-order valence-electron chi connectivity index (χ2n) is 5.22. The maximum absolute atomic E-state index is 10.0. The topological polar surface area (TPSA) is 62.4 Å². The summed E-state index contributed by atoms with van der Waals surface area (Å²) in [6.07, 6.45) is 4.62. The first-order valence-electron chi connectivity index (χ1n) is 6.20. The van der Waals surface area contributed by atoms with Crippen LogP contribution in [0.2, 0.25) is 0 Å². The van der Waals surface area contributed by atoms with E-state index in [1.807, 2.05) is 25.3 Å². The molecule has 1 atom stereocenters. The molecule has 0 radical (unpaired) electrons. The Hall–Kier alpha value is -1.13. The smallest absolute Gasteiger partial charge is 0.123 e. The van der Waals surface area contributed by atoms with Crippen molar-refractivity contribution in [3.63, 3.8) is 0 Å². The molecule has 0 spiro atoms. The van der Waals surface area contributed by atoms with Crippen molar-refractivity contribution in [2.24, 2.45) is 0 Å². The van der Waals surface area contributed by atoms with Gasteiger partial charge in [-0.1, -0.05) is 6.07 Å². The van der Waals surface area contributed by atoms with Crippen LogP contribution in [0.25, 0.3) is 0 Å². The number of hydrogen-bond donors (Lipinski definition) is 2. The molecule has 3 N–H and O–H groups in total. The number of hydrogen-bond acceptors (Lipinski definition) is 4. The second kappa shape index (κ2) is 5.02. The van der Waals surface area contributed by atoms with Gasteiger partial charge in [0.1, 0.15) is 5.82 Å². The molecule has 4 heteroatoms. The molecule has 0 amide bonds. The van der Waals surface area contributed by atoms with Gasteiger partial charge in [-0.15, -0.1) is 0 Å². The maximum Gasteiger partial charge on any atom is 0.123 e. The molecule has 1 aromatic rings. The Kier molecular flexibility index (Phi) is 3.64. The van der Waals surface area contributed by atoms with Gasteiger partial charge in [0.25, 0.3) is 0 Å². The molecule has 1 fully saturated rings. The summed E-state index contributed by atoms with van der Waals surface area (Å²) in [5, 5.41) is 10.0. The van der Waals surface area contributed by atoms with Gasteiger partial charge >= 0.3 is 0 Å². The van der Waals surface area contributed by atoms with Crippen molar-refractivity contribution in [1.82, 2.24) is 9.88 Å². The SMILES string of the molecule is CC1(O)CCCN(Cc2ccc(N)nc2)CC1. The first-order chi connectivity index (χ1) is 8.05. The van der Waals surface area contributed by atoms with Crippen LogP contribution in [0.3, 0.4) is 0 Å². The molecule has 1 saturated heterocycles. The van der Waals surface area contributed by atoms with Gasteiger partial charge in [0.05, 0.1) is 5.60 Å². The third kappa shape index (κ3) is 3.68. The van der Waals surface area contributed by atoms with Crippen LogP contribution in [0.5, 0.6) is 0 Å². The van der Waals surface area contributed by atoms with E-state index in [-0.39, 0.29) is 0 Å². The van der Waals surface area contributed by atoms with Crippen molar-refractivity contribution in [1.29, 1.82) is 0 Å². The highest BCUT2D eigenvalue weighted by Gasteiger charge is 2.24. The van der Waals surface area contributed by atoms with Crippen LogP contribution in [0.15, 0.2) is 18.3 Å². The summed E-state index contributed by atoms with van der Waals surface area (Å²) < 4.78 is 0. The number of nitrogens with two attached hydrogens (primary N) is 1. The fourth-order valence-corrected chi connectivity index (χ4v) is 2.27. The Labute approximate surface area is 102 Å². The van der Waals surface area contributed by atoms with E-state index in [4.69, 9.17) is 5.73 Å². The lowest BCUT2D eigenvalue weighted by Gasteiger charge is -2.22. The van der Waals surface area contributed by atoms with Crippen LogP contribution in [-0.4, -0.2) is 33.7 Å². The quantitative estimate of drug-likeness (QED) is 0.813. The number of aliphatic hydroxyl groups is 1. The zero-order valence-electron chi connectivity index (χ0n) is 10.4. The van der Waals surface area contributed by atoms with E-state index < -0.39 is 5.60 Å². The molecular formula is C13H21N3O. The van der Waals surface area contributed by atoms with E-state index in [0.29, 0.717) is 5.82 Å². The standard InChI is InChI=1S/C13H21N3O/c1-13(17)5-2-7-16(8-6-13)10-11-3-4-12(14)15-9-11/h3-4,9,17H,2,5-8,10H2,1H3,(H2,14,15). The van der Waals surface area contributed by atoms with Crippen LogP contribution in [0.4, 0.5) is 5.82 Å². The van der Waals surface area contributed by atoms with Crippen molar-refractivity contribution >= 4 is 5.82 Å². The van der Waals surface area contributed by atoms with Gasteiger partial charge in [0.15, 0.2) is 0 Å². The molecule has 1 aliphatic rings. The molecule has 0 aromatic carbocycles. The summed E-state index contributed by atoms with van der Waals surface area (Å²) in [6, 6.07) is 3.86. The zero-order chi connectivity index (χ0) is 12.3. The molecule has 0 saturated carbocycles. The zero-order valence-corrected chi connectivity index (χ0v) is 10.4. The van der Waals surface area contributed by atoms with E-state index in [1.165, 1.54) is 5.56 Å². The van der Waals surface area contributed by atoms with Gasteiger partial charge in [0.2, 0.25) is 0 Å². The maximum atomic E-state index is 10.0. The molecule has 1 aliphatic heterocycles. The summed E-state index contributed by atoms with van der Waals surface area (Å²) in [5.74, 6) is 0.563. The Balaban J connectivity index is 1.93. The highest BCUT2D eigenvalue weighted by atomic mass is 16.3. The van der Waals surface area contributed by atoms with Crippen molar-refractivity contribution in [3.8, 4) is 0 Å². The van der Waals surface area contributed by atoms with Crippen LogP contribution >= 0.6 is 0 Å². The van der Waals surface area contributed by atoms with E-state index in [2.05, 4.69) is 9.88 Å². The van der Waals surface area contributed by atoms with Gasteiger partial charge in [-0.25, -0.2) is 4.98 Å². The van der Waals surface area contributed by atoms with E-state index >= 15 is 0 Å². The Morgan fingerprint density at radius 1 is 1.41 bits per heavy atom. The Bertz CT molecular complexity index is 361. The van der Waals surface area contributed by atoms with Crippen molar-refractivity contribution in [2.45, 2.75) is 38.3 Å². The highest BCUT2D eigenvalue weighted by Crippen LogP contribution is 2.22.